The van der Waals surface area contributed by atoms with Gasteiger partial charge in [-0.3, -0.25) is 9.89 Å². The van der Waals surface area contributed by atoms with E-state index in [9.17, 15) is 18.0 Å². The summed E-state index contributed by atoms with van der Waals surface area (Å²) in [5.74, 6) is 0.673. The first-order valence-electron chi connectivity index (χ1n) is 10.1. The zero-order chi connectivity index (χ0) is 22.2. The number of carbonyl (C=O) groups excluding carboxylic acids is 1. The monoisotopic (exact) mass is 423 g/mol. The number of aliphatic imine (C=N–C) groups is 1. The number of likely N-dealkylation sites (tertiary alicyclic amines) is 1. The van der Waals surface area contributed by atoms with Crippen LogP contribution in [0.2, 0.25) is 0 Å². The SMILES string of the molecule is CCNC(=NCC(C)CN(C)C(=O)OC(C)(C)C)NC1CCN(CC(F)(F)F)C1. The number of alkyl halides is 3. The Bertz CT molecular complexity index is 549. The van der Waals surface area contributed by atoms with Gasteiger partial charge in [-0.25, -0.2) is 4.79 Å². The summed E-state index contributed by atoms with van der Waals surface area (Å²) >= 11 is 0. The molecule has 0 aromatic carbocycles. The van der Waals surface area contributed by atoms with Crippen molar-refractivity contribution in [2.24, 2.45) is 10.9 Å². The van der Waals surface area contributed by atoms with E-state index in [1.165, 1.54) is 9.80 Å². The molecule has 1 aliphatic rings. The van der Waals surface area contributed by atoms with Gasteiger partial charge in [-0.15, -0.1) is 0 Å². The third-order valence-electron chi connectivity index (χ3n) is 4.21. The van der Waals surface area contributed by atoms with Gasteiger partial charge in [0.15, 0.2) is 5.96 Å². The summed E-state index contributed by atoms with van der Waals surface area (Å²) in [6.07, 6.45) is -3.92. The summed E-state index contributed by atoms with van der Waals surface area (Å²) < 4.78 is 43.0. The summed E-state index contributed by atoms with van der Waals surface area (Å²) in [6, 6.07) is -0.0742. The largest absolute Gasteiger partial charge is 0.444 e. The molecule has 1 aliphatic heterocycles. The molecule has 170 valence electrons. The first-order valence-corrected chi connectivity index (χ1v) is 10.1. The predicted molar refractivity (Wildman–Crippen MR) is 108 cm³/mol. The van der Waals surface area contributed by atoms with Crippen molar-refractivity contribution in [1.82, 2.24) is 20.4 Å². The zero-order valence-corrected chi connectivity index (χ0v) is 18.4. The fourth-order valence-corrected chi connectivity index (χ4v) is 3.05. The van der Waals surface area contributed by atoms with Gasteiger partial charge in [0.2, 0.25) is 0 Å². The average Bonchev–Trinajstić information content (AvgIpc) is 2.96. The van der Waals surface area contributed by atoms with Crippen molar-refractivity contribution >= 4 is 12.1 Å². The van der Waals surface area contributed by atoms with E-state index in [-0.39, 0.29) is 18.1 Å². The zero-order valence-electron chi connectivity index (χ0n) is 18.4. The third-order valence-corrected chi connectivity index (χ3v) is 4.21. The lowest BCUT2D eigenvalue weighted by Gasteiger charge is -2.26. The highest BCUT2D eigenvalue weighted by Gasteiger charge is 2.34. The molecule has 0 spiro atoms. The van der Waals surface area contributed by atoms with Crippen molar-refractivity contribution in [2.75, 3.05) is 46.3 Å². The second-order valence-corrected chi connectivity index (χ2v) is 8.67. The maximum Gasteiger partial charge on any atom is 0.410 e. The van der Waals surface area contributed by atoms with Crippen LogP contribution in [-0.2, 0) is 4.74 Å². The van der Waals surface area contributed by atoms with Crippen molar-refractivity contribution in [3.63, 3.8) is 0 Å². The van der Waals surface area contributed by atoms with E-state index in [4.69, 9.17) is 4.74 Å². The number of carbonyl (C=O) groups is 1. The highest BCUT2D eigenvalue weighted by molar-refractivity contribution is 5.80. The summed E-state index contributed by atoms with van der Waals surface area (Å²) in [5.41, 5.74) is -0.545. The summed E-state index contributed by atoms with van der Waals surface area (Å²) in [7, 11) is 1.69. The van der Waals surface area contributed by atoms with Crippen LogP contribution in [0.3, 0.4) is 0 Å². The molecule has 0 bridgehead atoms. The lowest BCUT2D eigenvalue weighted by atomic mass is 10.2. The minimum absolute atomic E-state index is 0.0742. The molecule has 2 N–H and O–H groups in total. The first-order chi connectivity index (χ1) is 13.3. The Morgan fingerprint density at radius 1 is 1.34 bits per heavy atom. The Hall–Kier alpha value is -1.71. The van der Waals surface area contributed by atoms with Crippen molar-refractivity contribution in [2.45, 2.75) is 58.9 Å². The number of nitrogens with zero attached hydrogens (tertiary/aromatic N) is 3. The van der Waals surface area contributed by atoms with Crippen molar-refractivity contribution in [3.05, 3.63) is 0 Å². The lowest BCUT2D eigenvalue weighted by molar-refractivity contribution is -0.143. The summed E-state index contributed by atoms with van der Waals surface area (Å²) in [4.78, 5) is 19.5. The normalized spacial score (nSPS) is 19.8. The summed E-state index contributed by atoms with van der Waals surface area (Å²) in [5, 5.41) is 6.35. The Morgan fingerprint density at radius 3 is 2.55 bits per heavy atom. The molecule has 0 aromatic rings. The highest BCUT2D eigenvalue weighted by atomic mass is 19.4. The molecule has 0 aromatic heterocycles. The summed E-state index contributed by atoms with van der Waals surface area (Å²) in [6.45, 7) is 10.8. The minimum atomic E-state index is -4.18. The number of guanidine groups is 1. The van der Waals surface area contributed by atoms with Crippen LogP contribution >= 0.6 is 0 Å². The number of hydrogen-bond acceptors (Lipinski definition) is 4. The van der Waals surface area contributed by atoms with E-state index >= 15 is 0 Å². The topological polar surface area (TPSA) is 69.2 Å². The van der Waals surface area contributed by atoms with Gasteiger partial charge in [-0.1, -0.05) is 6.92 Å². The van der Waals surface area contributed by atoms with Gasteiger partial charge in [0.1, 0.15) is 5.60 Å². The van der Waals surface area contributed by atoms with E-state index < -0.39 is 18.3 Å². The molecular weight excluding hydrogens is 387 g/mol. The van der Waals surface area contributed by atoms with Crippen LogP contribution in [-0.4, -0.2) is 86.0 Å². The van der Waals surface area contributed by atoms with Gasteiger partial charge in [0.05, 0.1) is 6.54 Å². The predicted octanol–water partition coefficient (Wildman–Crippen LogP) is 2.68. The first kappa shape index (κ1) is 25.3. The average molecular weight is 424 g/mol. The van der Waals surface area contributed by atoms with Crippen LogP contribution in [0.5, 0.6) is 0 Å². The van der Waals surface area contributed by atoms with E-state index in [0.29, 0.717) is 45.1 Å². The van der Waals surface area contributed by atoms with Crippen molar-refractivity contribution in [3.8, 4) is 0 Å². The van der Waals surface area contributed by atoms with Crippen LogP contribution < -0.4 is 10.6 Å². The van der Waals surface area contributed by atoms with Gasteiger partial charge in [-0.2, -0.15) is 13.2 Å². The van der Waals surface area contributed by atoms with Crippen LogP contribution in [0.1, 0.15) is 41.0 Å². The molecule has 2 unspecified atom stereocenters. The quantitative estimate of drug-likeness (QED) is 0.487. The number of halogens is 3. The van der Waals surface area contributed by atoms with Crippen molar-refractivity contribution < 1.29 is 22.7 Å². The minimum Gasteiger partial charge on any atom is -0.444 e. The number of rotatable bonds is 7. The van der Waals surface area contributed by atoms with Crippen LogP contribution in [0, 0.1) is 5.92 Å². The molecule has 0 radical (unpaired) electrons. The molecule has 29 heavy (non-hydrogen) atoms. The molecule has 1 heterocycles. The fraction of sp³-hybridized carbons (Fsp3) is 0.895. The molecule has 7 nitrogen and oxygen atoms in total. The number of nitrogens with one attached hydrogen (secondary N) is 2. The Morgan fingerprint density at radius 2 is 2.00 bits per heavy atom. The Balaban J connectivity index is 2.52. The number of amides is 1. The molecule has 1 amide bonds. The molecule has 1 rings (SSSR count). The molecule has 10 heteroatoms. The van der Waals surface area contributed by atoms with E-state index in [1.54, 1.807) is 7.05 Å². The number of hydrogen-bond donors (Lipinski definition) is 2. The van der Waals surface area contributed by atoms with Gasteiger partial charge >= 0.3 is 12.3 Å². The smallest absolute Gasteiger partial charge is 0.410 e. The van der Waals surface area contributed by atoms with Gasteiger partial charge in [0.25, 0.3) is 0 Å². The molecular formula is C19H36F3N5O2. The standard InChI is InChI=1S/C19H36F3N5O2/c1-7-23-16(25-15-8-9-27(12-15)13-19(20,21)22)24-10-14(2)11-26(6)17(28)29-18(3,4)5/h14-15H,7-13H2,1-6H3,(H2,23,24,25). The van der Waals surface area contributed by atoms with Gasteiger partial charge < -0.3 is 20.3 Å². The molecule has 1 fully saturated rings. The molecule has 0 saturated carbocycles. The second kappa shape index (κ2) is 10.9. The molecule has 0 aliphatic carbocycles. The van der Waals surface area contributed by atoms with Crippen LogP contribution in [0.4, 0.5) is 18.0 Å². The van der Waals surface area contributed by atoms with Gasteiger partial charge in [0, 0.05) is 45.8 Å². The fourth-order valence-electron chi connectivity index (χ4n) is 3.05. The highest BCUT2D eigenvalue weighted by Crippen LogP contribution is 2.20. The molecule has 2 atom stereocenters. The third kappa shape index (κ3) is 11.2. The van der Waals surface area contributed by atoms with Gasteiger partial charge in [-0.05, 0) is 40.0 Å². The van der Waals surface area contributed by atoms with E-state index in [0.717, 1.165) is 0 Å². The Labute approximate surface area is 172 Å². The maximum atomic E-state index is 12.5. The molecule has 1 saturated heterocycles. The number of ether oxygens (including phenoxy) is 1. The second-order valence-electron chi connectivity index (χ2n) is 8.67. The van der Waals surface area contributed by atoms with Crippen LogP contribution in [0.25, 0.3) is 0 Å². The van der Waals surface area contributed by atoms with E-state index in [2.05, 4.69) is 15.6 Å². The Kier molecular flexibility index (Phi) is 9.51. The van der Waals surface area contributed by atoms with Crippen molar-refractivity contribution in [1.29, 1.82) is 0 Å². The maximum absolute atomic E-state index is 12.5. The van der Waals surface area contributed by atoms with E-state index in [1.807, 2.05) is 34.6 Å². The lowest BCUT2D eigenvalue weighted by Crippen LogP contribution is -2.45. The van der Waals surface area contributed by atoms with Crippen LogP contribution in [0.15, 0.2) is 4.99 Å².